The standard InChI is InChI=1S/C15H16BrFN2/c1-11-5-3-7-13(18-11)10-19(2)9-12-6-4-8-14(17)15(12)16/h3-8H,9-10H2,1-2H3. The van der Waals surface area contributed by atoms with Gasteiger partial charge in [0.05, 0.1) is 10.2 Å². The summed E-state index contributed by atoms with van der Waals surface area (Å²) in [6.45, 7) is 3.39. The van der Waals surface area contributed by atoms with Crippen LogP contribution in [0.3, 0.4) is 0 Å². The van der Waals surface area contributed by atoms with Gasteiger partial charge in [-0.2, -0.15) is 0 Å². The third-order valence-electron chi connectivity index (χ3n) is 2.85. The molecule has 0 aliphatic carbocycles. The summed E-state index contributed by atoms with van der Waals surface area (Å²) in [7, 11) is 2.00. The Kier molecular flexibility index (Phi) is 4.66. The van der Waals surface area contributed by atoms with E-state index >= 15 is 0 Å². The molecule has 0 fully saturated rings. The number of aromatic nitrogens is 1. The summed E-state index contributed by atoms with van der Waals surface area (Å²) in [5, 5.41) is 0. The number of hydrogen-bond donors (Lipinski definition) is 0. The molecule has 1 aromatic carbocycles. The van der Waals surface area contributed by atoms with Crippen molar-refractivity contribution in [1.82, 2.24) is 9.88 Å². The van der Waals surface area contributed by atoms with Crippen LogP contribution in [0.15, 0.2) is 40.9 Å². The number of hydrogen-bond acceptors (Lipinski definition) is 2. The zero-order valence-electron chi connectivity index (χ0n) is 11.0. The lowest BCUT2D eigenvalue weighted by atomic mass is 10.2. The van der Waals surface area contributed by atoms with Crippen molar-refractivity contribution in [2.75, 3.05) is 7.05 Å². The molecule has 4 heteroatoms. The minimum Gasteiger partial charge on any atom is -0.296 e. The molecule has 0 saturated heterocycles. The normalized spacial score (nSPS) is 11.0. The van der Waals surface area contributed by atoms with Gasteiger partial charge in [-0.3, -0.25) is 9.88 Å². The van der Waals surface area contributed by atoms with E-state index in [1.807, 2.05) is 38.2 Å². The second kappa shape index (κ2) is 6.26. The van der Waals surface area contributed by atoms with Crippen LogP contribution in [0, 0.1) is 12.7 Å². The minimum atomic E-state index is -0.223. The molecule has 2 aromatic rings. The van der Waals surface area contributed by atoms with Gasteiger partial charge in [0.15, 0.2) is 0 Å². The highest BCUT2D eigenvalue weighted by Gasteiger charge is 2.08. The van der Waals surface area contributed by atoms with Crippen molar-refractivity contribution in [3.8, 4) is 0 Å². The molecular formula is C15H16BrFN2. The van der Waals surface area contributed by atoms with Crippen molar-refractivity contribution in [3.05, 3.63) is 63.6 Å². The Morgan fingerprint density at radius 3 is 2.63 bits per heavy atom. The molecule has 2 rings (SSSR count). The van der Waals surface area contributed by atoms with E-state index in [-0.39, 0.29) is 5.82 Å². The molecule has 2 nitrogen and oxygen atoms in total. The Labute approximate surface area is 121 Å². The molecular weight excluding hydrogens is 307 g/mol. The van der Waals surface area contributed by atoms with E-state index in [0.29, 0.717) is 11.0 Å². The highest BCUT2D eigenvalue weighted by atomic mass is 79.9. The van der Waals surface area contributed by atoms with Crippen LogP contribution in [0.5, 0.6) is 0 Å². The van der Waals surface area contributed by atoms with Gasteiger partial charge < -0.3 is 0 Å². The SMILES string of the molecule is Cc1cccc(CN(C)Cc2cccc(F)c2Br)n1. The maximum atomic E-state index is 13.4. The maximum Gasteiger partial charge on any atom is 0.137 e. The summed E-state index contributed by atoms with van der Waals surface area (Å²) >= 11 is 3.29. The third-order valence-corrected chi connectivity index (χ3v) is 3.74. The van der Waals surface area contributed by atoms with Crippen LogP contribution in [0.4, 0.5) is 4.39 Å². The van der Waals surface area contributed by atoms with E-state index < -0.39 is 0 Å². The number of pyridine rings is 1. The highest BCUT2D eigenvalue weighted by Crippen LogP contribution is 2.21. The topological polar surface area (TPSA) is 16.1 Å². The van der Waals surface area contributed by atoms with E-state index in [9.17, 15) is 4.39 Å². The lowest BCUT2D eigenvalue weighted by Gasteiger charge is -2.17. The maximum absolute atomic E-state index is 13.4. The summed E-state index contributed by atoms with van der Waals surface area (Å²) in [5.41, 5.74) is 2.98. The second-order valence-corrected chi connectivity index (χ2v) is 5.45. The fraction of sp³-hybridized carbons (Fsp3) is 0.267. The van der Waals surface area contributed by atoms with Crippen molar-refractivity contribution in [3.63, 3.8) is 0 Å². The van der Waals surface area contributed by atoms with Crippen LogP contribution in [0.1, 0.15) is 17.0 Å². The first-order valence-electron chi connectivity index (χ1n) is 6.10. The van der Waals surface area contributed by atoms with E-state index in [1.165, 1.54) is 6.07 Å². The zero-order valence-corrected chi connectivity index (χ0v) is 12.6. The van der Waals surface area contributed by atoms with Gasteiger partial charge >= 0.3 is 0 Å². The van der Waals surface area contributed by atoms with Crippen LogP contribution >= 0.6 is 15.9 Å². The van der Waals surface area contributed by atoms with Crippen molar-refractivity contribution < 1.29 is 4.39 Å². The van der Waals surface area contributed by atoms with Crippen LogP contribution < -0.4 is 0 Å². The summed E-state index contributed by atoms with van der Waals surface area (Å²) in [6.07, 6.45) is 0. The molecule has 0 amide bonds. The van der Waals surface area contributed by atoms with Gasteiger partial charge in [0.25, 0.3) is 0 Å². The lowest BCUT2D eigenvalue weighted by molar-refractivity contribution is 0.313. The first kappa shape index (κ1) is 14.2. The molecule has 19 heavy (non-hydrogen) atoms. The number of halogens is 2. The molecule has 0 aliphatic rings. The quantitative estimate of drug-likeness (QED) is 0.848. The Morgan fingerprint density at radius 1 is 1.16 bits per heavy atom. The monoisotopic (exact) mass is 322 g/mol. The molecule has 0 spiro atoms. The van der Waals surface area contributed by atoms with Gasteiger partial charge in [-0.1, -0.05) is 18.2 Å². The molecule has 0 saturated carbocycles. The van der Waals surface area contributed by atoms with E-state index in [2.05, 4.69) is 25.8 Å². The van der Waals surface area contributed by atoms with Crippen molar-refractivity contribution >= 4 is 15.9 Å². The number of rotatable bonds is 4. The van der Waals surface area contributed by atoms with Crippen molar-refractivity contribution in [1.29, 1.82) is 0 Å². The average Bonchev–Trinajstić information content (AvgIpc) is 2.35. The molecule has 0 unspecified atom stereocenters. The molecule has 0 bridgehead atoms. The molecule has 0 N–H and O–H groups in total. The predicted molar refractivity (Wildman–Crippen MR) is 78.2 cm³/mol. The third kappa shape index (κ3) is 3.85. The summed E-state index contributed by atoms with van der Waals surface area (Å²) in [6, 6.07) is 11.1. The number of aryl methyl sites for hydroxylation is 1. The van der Waals surface area contributed by atoms with Gasteiger partial charge in [-0.15, -0.1) is 0 Å². The summed E-state index contributed by atoms with van der Waals surface area (Å²) in [4.78, 5) is 6.58. The first-order chi connectivity index (χ1) is 9.06. The lowest BCUT2D eigenvalue weighted by Crippen LogP contribution is -2.18. The van der Waals surface area contributed by atoms with Gasteiger partial charge in [0.1, 0.15) is 5.82 Å². The van der Waals surface area contributed by atoms with E-state index in [4.69, 9.17) is 0 Å². The van der Waals surface area contributed by atoms with Crippen LogP contribution in [-0.4, -0.2) is 16.9 Å². The van der Waals surface area contributed by atoms with Gasteiger partial charge in [0.2, 0.25) is 0 Å². The molecule has 1 aromatic heterocycles. The molecule has 0 radical (unpaired) electrons. The fourth-order valence-electron chi connectivity index (χ4n) is 1.98. The Bertz CT molecular complexity index is 572. The smallest absolute Gasteiger partial charge is 0.137 e. The minimum absolute atomic E-state index is 0.223. The Morgan fingerprint density at radius 2 is 1.89 bits per heavy atom. The van der Waals surface area contributed by atoms with Crippen molar-refractivity contribution in [2.24, 2.45) is 0 Å². The largest absolute Gasteiger partial charge is 0.296 e. The predicted octanol–water partition coefficient (Wildman–Crippen LogP) is 3.92. The van der Waals surface area contributed by atoms with Crippen LogP contribution in [0.25, 0.3) is 0 Å². The van der Waals surface area contributed by atoms with Crippen molar-refractivity contribution in [2.45, 2.75) is 20.0 Å². The number of benzene rings is 1. The second-order valence-electron chi connectivity index (χ2n) is 4.66. The van der Waals surface area contributed by atoms with E-state index in [1.54, 1.807) is 6.07 Å². The summed E-state index contributed by atoms with van der Waals surface area (Å²) < 4.78 is 14.0. The van der Waals surface area contributed by atoms with Gasteiger partial charge in [-0.05, 0) is 53.7 Å². The Hall–Kier alpha value is -1.26. The molecule has 1 heterocycles. The van der Waals surface area contributed by atoms with Crippen LogP contribution in [0.2, 0.25) is 0 Å². The van der Waals surface area contributed by atoms with E-state index in [0.717, 1.165) is 23.5 Å². The van der Waals surface area contributed by atoms with Gasteiger partial charge in [0, 0.05) is 18.8 Å². The molecule has 100 valence electrons. The first-order valence-corrected chi connectivity index (χ1v) is 6.89. The highest BCUT2D eigenvalue weighted by molar-refractivity contribution is 9.10. The summed E-state index contributed by atoms with van der Waals surface area (Å²) in [5.74, 6) is -0.223. The van der Waals surface area contributed by atoms with Crippen LogP contribution in [-0.2, 0) is 13.1 Å². The van der Waals surface area contributed by atoms with Gasteiger partial charge in [-0.25, -0.2) is 4.39 Å². The molecule has 0 atom stereocenters. The fourth-order valence-corrected chi connectivity index (χ4v) is 2.37. The Balaban J connectivity index is 2.05. The number of nitrogens with zero attached hydrogens (tertiary/aromatic N) is 2. The zero-order chi connectivity index (χ0) is 13.8. The average molecular weight is 323 g/mol. The molecule has 0 aliphatic heterocycles.